The molecule has 0 bridgehead atoms. The molecule has 7 heteroatoms. The lowest BCUT2D eigenvalue weighted by Crippen LogP contribution is -2.30. The molecule has 0 aliphatic rings. The van der Waals surface area contributed by atoms with E-state index in [0.29, 0.717) is 24.5 Å². The molecule has 1 amide bonds. The van der Waals surface area contributed by atoms with Crippen LogP contribution in [-0.4, -0.2) is 45.9 Å². The Morgan fingerprint density at radius 3 is 2.67 bits per heavy atom. The third-order valence-corrected chi connectivity index (χ3v) is 2.64. The molecule has 21 heavy (non-hydrogen) atoms. The third kappa shape index (κ3) is 5.70. The monoisotopic (exact) mass is 296 g/mol. The fourth-order valence-corrected chi connectivity index (χ4v) is 1.56. The number of rotatable bonds is 8. The van der Waals surface area contributed by atoms with Crippen molar-refractivity contribution in [3.8, 4) is 5.75 Å². The van der Waals surface area contributed by atoms with E-state index >= 15 is 0 Å². The topological polar surface area (TPSA) is 99.9 Å². The summed E-state index contributed by atoms with van der Waals surface area (Å²) in [6, 6.07) is 4.49. The summed E-state index contributed by atoms with van der Waals surface area (Å²) in [4.78, 5) is 22.8. The van der Waals surface area contributed by atoms with Crippen LogP contribution >= 0.6 is 0 Å². The molecule has 0 aliphatic heterocycles. The highest BCUT2D eigenvalue weighted by Crippen LogP contribution is 2.22. The molecule has 1 aromatic carbocycles. The molecular formula is C14H20N2O5. The van der Waals surface area contributed by atoms with Gasteiger partial charge < -0.3 is 25.3 Å². The largest absolute Gasteiger partial charge is 0.482 e. The van der Waals surface area contributed by atoms with Crippen LogP contribution in [0.25, 0.3) is 0 Å². The van der Waals surface area contributed by atoms with Gasteiger partial charge in [0.05, 0.1) is 18.4 Å². The fourth-order valence-electron chi connectivity index (χ4n) is 1.56. The first-order chi connectivity index (χ1) is 10.1. The van der Waals surface area contributed by atoms with Crippen LogP contribution in [0.1, 0.15) is 16.8 Å². The molecule has 0 heterocycles. The minimum Gasteiger partial charge on any atom is -0.482 e. The van der Waals surface area contributed by atoms with Crippen LogP contribution in [0.15, 0.2) is 18.2 Å². The minimum absolute atomic E-state index is 0.144. The van der Waals surface area contributed by atoms with Crippen LogP contribution in [0.5, 0.6) is 5.75 Å². The fraction of sp³-hybridized carbons (Fsp3) is 0.429. The molecule has 116 valence electrons. The van der Waals surface area contributed by atoms with E-state index in [-0.39, 0.29) is 18.2 Å². The molecule has 0 atom stereocenters. The zero-order valence-corrected chi connectivity index (χ0v) is 12.2. The van der Waals surface area contributed by atoms with E-state index in [2.05, 4.69) is 10.1 Å². The predicted molar refractivity (Wildman–Crippen MR) is 77.2 cm³/mol. The van der Waals surface area contributed by atoms with Gasteiger partial charge in [0.2, 0.25) is 0 Å². The van der Waals surface area contributed by atoms with E-state index in [1.165, 1.54) is 25.3 Å². The molecule has 0 aromatic heterocycles. The Labute approximate surface area is 123 Å². The lowest BCUT2D eigenvalue weighted by atomic mass is 10.2. The molecule has 0 spiro atoms. The second kappa shape index (κ2) is 8.80. The summed E-state index contributed by atoms with van der Waals surface area (Å²) < 4.78 is 14.8. The smallest absolute Gasteiger partial charge is 0.337 e. The zero-order valence-electron chi connectivity index (χ0n) is 12.2. The van der Waals surface area contributed by atoms with Gasteiger partial charge in [0, 0.05) is 20.3 Å². The van der Waals surface area contributed by atoms with Crippen molar-refractivity contribution in [3.63, 3.8) is 0 Å². The van der Waals surface area contributed by atoms with Gasteiger partial charge in [0.15, 0.2) is 6.61 Å². The van der Waals surface area contributed by atoms with Crippen molar-refractivity contribution < 1.29 is 23.8 Å². The number of benzene rings is 1. The van der Waals surface area contributed by atoms with Crippen molar-refractivity contribution in [1.29, 1.82) is 0 Å². The van der Waals surface area contributed by atoms with Gasteiger partial charge in [-0.15, -0.1) is 0 Å². The van der Waals surface area contributed by atoms with E-state index < -0.39 is 5.97 Å². The molecule has 0 aliphatic carbocycles. The number of esters is 1. The Bertz CT molecular complexity index is 490. The first kappa shape index (κ1) is 16.8. The van der Waals surface area contributed by atoms with Gasteiger partial charge in [0.25, 0.3) is 5.91 Å². The highest BCUT2D eigenvalue weighted by Gasteiger charge is 2.10. The Morgan fingerprint density at radius 2 is 2.05 bits per heavy atom. The maximum absolute atomic E-state index is 11.5. The number of anilines is 1. The van der Waals surface area contributed by atoms with Crippen LogP contribution in [-0.2, 0) is 14.3 Å². The number of nitrogens with two attached hydrogens (primary N) is 1. The van der Waals surface area contributed by atoms with Gasteiger partial charge in [-0.05, 0) is 24.6 Å². The summed E-state index contributed by atoms with van der Waals surface area (Å²) >= 11 is 0. The summed E-state index contributed by atoms with van der Waals surface area (Å²) in [6.45, 7) is 0.963. The quantitative estimate of drug-likeness (QED) is 0.414. The molecule has 0 saturated heterocycles. The summed E-state index contributed by atoms with van der Waals surface area (Å²) in [6.07, 6.45) is 0.734. The van der Waals surface area contributed by atoms with Gasteiger partial charge in [-0.1, -0.05) is 0 Å². The molecule has 0 radical (unpaired) electrons. The van der Waals surface area contributed by atoms with Crippen LogP contribution in [0.4, 0.5) is 5.69 Å². The van der Waals surface area contributed by atoms with Gasteiger partial charge in [-0.2, -0.15) is 0 Å². The molecule has 0 unspecified atom stereocenters. The minimum atomic E-state index is -0.482. The second-order valence-corrected chi connectivity index (χ2v) is 4.23. The number of methoxy groups -OCH3 is 2. The first-order valence-corrected chi connectivity index (χ1v) is 6.44. The van der Waals surface area contributed by atoms with Crippen LogP contribution in [0, 0.1) is 0 Å². The highest BCUT2D eigenvalue weighted by molar-refractivity contribution is 5.91. The van der Waals surface area contributed by atoms with Crippen molar-refractivity contribution in [2.45, 2.75) is 6.42 Å². The number of hydrogen-bond donors (Lipinski definition) is 2. The van der Waals surface area contributed by atoms with Crippen molar-refractivity contribution >= 4 is 17.6 Å². The number of carbonyl (C=O) groups excluding carboxylic acids is 2. The highest BCUT2D eigenvalue weighted by atomic mass is 16.5. The van der Waals surface area contributed by atoms with Crippen LogP contribution in [0.3, 0.4) is 0 Å². The standard InChI is InChI=1S/C14H20N2O5/c1-19-7-3-6-16-13(17)9-21-12-5-4-10(8-11(12)15)14(18)20-2/h4-5,8H,3,6-7,9,15H2,1-2H3,(H,16,17). The average Bonchev–Trinajstić information content (AvgIpc) is 2.49. The normalized spacial score (nSPS) is 10.0. The zero-order chi connectivity index (χ0) is 15.7. The molecule has 7 nitrogen and oxygen atoms in total. The number of nitrogens with one attached hydrogen (secondary N) is 1. The van der Waals surface area contributed by atoms with Gasteiger partial charge in [-0.3, -0.25) is 4.79 Å². The number of nitrogen functional groups attached to an aromatic ring is 1. The number of ether oxygens (including phenoxy) is 3. The maximum Gasteiger partial charge on any atom is 0.337 e. The molecule has 3 N–H and O–H groups in total. The Kier molecular flexibility index (Phi) is 7.03. The SMILES string of the molecule is COCCCNC(=O)COc1ccc(C(=O)OC)cc1N. The van der Waals surface area contributed by atoms with Gasteiger partial charge in [-0.25, -0.2) is 4.79 Å². The predicted octanol–water partition coefficient (Wildman–Crippen LogP) is 0.587. The average molecular weight is 296 g/mol. The number of amides is 1. The van der Waals surface area contributed by atoms with Gasteiger partial charge in [0.1, 0.15) is 5.75 Å². The van der Waals surface area contributed by atoms with Gasteiger partial charge >= 0.3 is 5.97 Å². The molecule has 0 saturated carbocycles. The van der Waals surface area contributed by atoms with E-state index in [4.69, 9.17) is 15.2 Å². The molecule has 1 rings (SSSR count). The first-order valence-electron chi connectivity index (χ1n) is 6.44. The number of hydrogen-bond acceptors (Lipinski definition) is 6. The summed E-state index contributed by atoms with van der Waals surface area (Å²) in [5.74, 6) is -0.388. The van der Waals surface area contributed by atoms with Crippen LogP contribution < -0.4 is 15.8 Å². The lowest BCUT2D eigenvalue weighted by molar-refractivity contribution is -0.123. The second-order valence-electron chi connectivity index (χ2n) is 4.23. The summed E-state index contributed by atoms with van der Waals surface area (Å²) in [5.41, 5.74) is 6.35. The summed E-state index contributed by atoms with van der Waals surface area (Å²) in [7, 11) is 2.89. The van der Waals surface area contributed by atoms with Crippen molar-refractivity contribution in [2.75, 3.05) is 39.7 Å². The molecular weight excluding hydrogens is 276 g/mol. The number of carbonyl (C=O) groups is 2. The Hall–Kier alpha value is -2.28. The summed E-state index contributed by atoms with van der Waals surface area (Å²) in [5, 5.41) is 2.69. The maximum atomic E-state index is 11.5. The van der Waals surface area contributed by atoms with Crippen molar-refractivity contribution in [3.05, 3.63) is 23.8 Å². The Balaban J connectivity index is 2.45. The Morgan fingerprint density at radius 1 is 1.29 bits per heavy atom. The van der Waals surface area contributed by atoms with E-state index in [0.717, 1.165) is 6.42 Å². The third-order valence-electron chi connectivity index (χ3n) is 2.64. The van der Waals surface area contributed by atoms with Crippen LogP contribution in [0.2, 0.25) is 0 Å². The van der Waals surface area contributed by atoms with Crippen molar-refractivity contribution in [2.24, 2.45) is 0 Å². The van der Waals surface area contributed by atoms with E-state index in [1.807, 2.05) is 0 Å². The van der Waals surface area contributed by atoms with E-state index in [9.17, 15) is 9.59 Å². The molecule has 0 fully saturated rings. The molecule has 1 aromatic rings. The van der Waals surface area contributed by atoms with Crippen molar-refractivity contribution in [1.82, 2.24) is 5.32 Å². The van der Waals surface area contributed by atoms with E-state index in [1.54, 1.807) is 7.11 Å². The lowest BCUT2D eigenvalue weighted by Gasteiger charge is -2.10.